The van der Waals surface area contributed by atoms with Crippen molar-refractivity contribution in [2.75, 3.05) is 42.9 Å². The molecule has 1 aromatic carbocycles. The van der Waals surface area contributed by atoms with E-state index in [1.165, 1.54) is 0 Å². The number of aryl methyl sites for hydroxylation is 1. The second kappa shape index (κ2) is 11.1. The van der Waals surface area contributed by atoms with E-state index in [0.29, 0.717) is 32.6 Å². The highest BCUT2D eigenvalue weighted by Crippen LogP contribution is 2.33. The van der Waals surface area contributed by atoms with Gasteiger partial charge in [-0.2, -0.15) is 4.98 Å². The summed E-state index contributed by atoms with van der Waals surface area (Å²) in [6, 6.07) is 11.3. The number of aromatic nitrogens is 2. The first-order valence-electron chi connectivity index (χ1n) is 11.6. The number of nitrogens with one attached hydrogen (secondary N) is 2. The first kappa shape index (κ1) is 24.4. The summed E-state index contributed by atoms with van der Waals surface area (Å²) in [6.07, 6.45) is 1.07. The van der Waals surface area contributed by atoms with Crippen LogP contribution in [0.2, 0.25) is 0 Å². The number of aliphatic carboxylic acids is 1. The Morgan fingerprint density at radius 2 is 1.83 bits per heavy atom. The Hall–Kier alpha value is -3.73. The van der Waals surface area contributed by atoms with Crippen LogP contribution in [0.25, 0.3) is 10.2 Å². The normalized spacial score (nSPS) is 13.6. The van der Waals surface area contributed by atoms with E-state index in [4.69, 9.17) is 5.11 Å². The van der Waals surface area contributed by atoms with E-state index < -0.39 is 12.0 Å². The molecule has 1 saturated heterocycles. The molecular formula is C24H28N6O4S. The molecule has 4 rings (SSSR count). The third-order valence-electron chi connectivity index (χ3n) is 5.75. The molecule has 0 spiro atoms. The van der Waals surface area contributed by atoms with Gasteiger partial charge in [0.05, 0.1) is 18.2 Å². The van der Waals surface area contributed by atoms with Gasteiger partial charge in [0.15, 0.2) is 0 Å². The van der Waals surface area contributed by atoms with Crippen molar-refractivity contribution in [3.05, 3.63) is 46.8 Å². The highest BCUT2D eigenvalue weighted by atomic mass is 32.1. The molecule has 1 aliphatic rings. The summed E-state index contributed by atoms with van der Waals surface area (Å²) >= 11 is 1.55. The fraction of sp³-hybridized carbons (Fsp3) is 0.375. The number of carbonyl (C=O) groups is 3. The van der Waals surface area contributed by atoms with Gasteiger partial charge < -0.3 is 20.2 Å². The number of hydrogen-bond acceptors (Lipinski definition) is 7. The zero-order chi connectivity index (χ0) is 24.8. The monoisotopic (exact) mass is 496 g/mol. The third-order valence-corrected chi connectivity index (χ3v) is 6.93. The summed E-state index contributed by atoms with van der Waals surface area (Å²) in [5.41, 5.74) is 1.00. The van der Waals surface area contributed by atoms with Crippen molar-refractivity contribution < 1.29 is 19.5 Å². The molecule has 1 fully saturated rings. The molecular weight excluding hydrogens is 468 g/mol. The van der Waals surface area contributed by atoms with E-state index in [1.54, 1.807) is 11.3 Å². The topological polar surface area (TPSA) is 128 Å². The number of urea groups is 1. The maximum absolute atomic E-state index is 12.8. The summed E-state index contributed by atoms with van der Waals surface area (Å²) in [6.45, 7) is 4.49. The molecule has 10 nitrogen and oxygen atoms in total. The molecule has 0 saturated carbocycles. The zero-order valence-corrected chi connectivity index (χ0v) is 20.3. The number of anilines is 2. The second-order valence-corrected chi connectivity index (χ2v) is 9.33. The van der Waals surface area contributed by atoms with Gasteiger partial charge in [-0.25, -0.2) is 9.78 Å². The predicted octanol–water partition coefficient (Wildman–Crippen LogP) is 2.74. The number of fused-ring (bicyclic) bond motifs is 1. The van der Waals surface area contributed by atoms with Gasteiger partial charge in [-0.1, -0.05) is 37.3 Å². The van der Waals surface area contributed by atoms with Crippen molar-refractivity contribution in [1.82, 2.24) is 20.2 Å². The maximum Gasteiger partial charge on any atom is 0.321 e. The molecule has 3 amide bonds. The van der Waals surface area contributed by atoms with Crippen LogP contribution in [0.4, 0.5) is 16.6 Å². The van der Waals surface area contributed by atoms with Crippen molar-refractivity contribution in [3.8, 4) is 0 Å². The Bertz CT molecular complexity index is 1210. The quantitative estimate of drug-likeness (QED) is 0.437. The molecule has 0 atom stereocenters. The van der Waals surface area contributed by atoms with E-state index in [-0.39, 0.29) is 24.8 Å². The molecule has 0 unspecified atom stereocenters. The zero-order valence-electron chi connectivity index (χ0n) is 19.5. The Morgan fingerprint density at radius 3 is 2.51 bits per heavy atom. The van der Waals surface area contributed by atoms with E-state index in [1.807, 2.05) is 35.2 Å². The first-order chi connectivity index (χ1) is 16.9. The molecule has 0 aliphatic carbocycles. The molecule has 35 heavy (non-hydrogen) atoms. The van der Waals surface area contributed by atoms with Gasteiger partial charge in [0.2, 0.25) is 11.9 Å². The van der Waals surface area contributed by atoms with E-state index in [9.17, 15) is 14.4 Å². The van der Waals surface area contributed by atoms with Crippen molar-refractivity contribution in [2.45, 2.75) is 26.2 Å². The van der Waals surface area contributed by atoms with Gasteiger partial charge in [0.1, 0.15) is 10.6 Å². The van der Waals surface area contributed by atoms with Crippen molar-refractivity contribution in [2.24, 2.45) is 0 Å². The number of carbonyl (C=O) groups excluding carboxylic acids is 2. The number of piperazine rings is 1. The van der Waals surface area contributed by atoms with Crippen LogP contribution in [0, 0.1) is 0 Å². The third kappa shape index (κ3) is 6.24. The van der Waals surface area contributed by atoms with E-state index in [2.05, 4.69) is 38.5 Å². The summed E-state index contributed by atoms with van der Waals surface area (Å²) in [4.78, 5) is 50.7. The van der Waals surface area contributed by atoms with Crippen LogP contribution in [-0.4, -0.2) is 70.6 Å². The molecule has 11 heteroatoms. The Morgan fingerprint density at radius 1 is 1.09 bits per heavy atom. The first-order valence-corrected chi connectivity index (χ1v) is 12.4. The van der Waals surface area contributed by atoms with Crippen LogP contribution in [0.5, 0.6) is 0 Å². The van der Waals surface area contributed by atoms with Crippen LogP contribution >= 0.6 is 11.3 Å². The van der Waals surface area contributed by atoms with Gasteiger partial charge in [0.25, 0.3) is 0 Å². The fourth-order valence-corrected chi connectivity index (χ4v) is 4.87. The molecule has 1 aliphatic heterocycles. The minimum Gasteiger partial charge on any atom is -0.481 e. The van der Waals surface area contributed by atoms with Gasteiger partial charge in [-0.3, -0.25) is 14.9 Å². The van der Waals surface area contributed by atoms with Gasteiger partial charge in [0, 0.05) is 37.6 Å². The number of thiophene rings is 1. The Balaban J connectivity index is 1.46. The van der Waals surface area contributed by atoms with Crippen LogP contribution < -0.4 is 15.5 Å². The summed E-state index contributed by atoms with van der Waals surface area (Å²) < 4.78 is 0. The minimum atomic E-state index is -0.989. The second-order valence-electron chi connectivity index (χ2n) is 8.21. The van der Waals surface area contributed by atoms with Crippen molar-refractivity contribution in [1.29, 1.82) is 0 Å². The Labute approximate surface area is 207 Å². The van der Waals surface area contributed by atoms with Gasteiger partial charge in [-0.05, 0) is 18.1 Å². The smallest absolute Gasteiger partial charge is 0.321 e. The van der Waals surface area contributed by atoms with Crippen LogP contribution in [0.15, 0.2) is 36.4 Å². The average molecular weight is 497 g/mol. The number of carboxylic acid groups (broad SMARTS) is 1. The standard InChI is InChI=1S/C24H28N6O4S/c1-2-17-15-18-21(26-23(27-22(18)35-17)28-24(34)25-9-8-20(32)33)30-12-10-29(11-13-30)19(31)14-16-6-4-3-5-7-16/h3-7,15H,2,8-14H2,1H3,(H,32,33)(H2,25,26,27,28,34). The Kier molecular flexibility index (Phi) is 7.76. The largest absolute Gasteiger partial charge is 0.481 e. The van der Waals surface area contributed by atoms with Gasteiger partial charge in [-0.15, -0.1) is 11.3 Å². The number of nitrogens with zero attached hydrogens (tertiary/aromatic N) is 4. The number of amides is 3. The number of hydrogen-bond donors (Lipinski definition) is 3. The van der Waals surface area contributed by atoms with Crippen molar-refractivity contribution >= 4 is 51.2 Å². The summed E-state index contributed by atoms with van der Waals surface area (Å²) in [7, 11) is 0. The highest BCUT2D eigenvalue weighted by molar-refractivity contribution is 7.18. The van der Waals surface area contributed by atoms with Crippen LogP contribution in [-0.2, 0) is 22.4 Å². The lowest BCUT2D eigenvalue weighted by Gasteiger charge is -2.35. The molecule has 184 valence electrons. The number of benzene rings is 1. The lowest BCUT2D eigenvalue weighted by atomic mass is 10.1. The fourth-order valence-electron chi connectivity index (χ4n) is 3.91. The number of carboxylic acids is 1. The lowest BCUT2D eigenvalue weighted by molar-refractivity contribution is -0.136. The summed E-state index contributed by atoms with van der Waals surface area (Å²) in [5.74, 6) is -0.000408. The summed E-state index contributed by atoms with van der Waals surface area (Å²) in [5, 5.41) is 14.8. The molecule has 3 aromatic rings. The molecule has 3 N–H and O–H groups in total. The van der Waals surface area contributed by atoms with E-state index >= 15 is 0 Å². The highest BCUT2D eigenvalue weighted by Gasteiger charge is 2.25. The van der Waals surface area contributed by atoms with Gasteiger partial charge >= 0.3 is 12.0 Å². The molecule has 3 heterocycles. The lowest BCUT2D eigenvalue weighted by Crippen LogP contribution is -2.49. The van der Waals surface area contributed by atoms with Crippen molar-refractivity contribution in [3.63, 3.8) is 0 Å². The maximum atomic E-state index is 12.8. The average Bonchev–Trinajstić information content (AvgIpc) is 3.27. The molecule has 2 aromatic heterocycles. The molecule has 0 radical (unpaired) electrons. The predicted molar refractivity (Wildman–Crippen MR) is 135 cm³/mol. The number of rotatable bonds is 8. The van der Waals surface area contributed by atoms with Crippen LogP contribution in [0.3, 0.4) is 0 Å². The van der Waals surface area contributed by atoms with E-state index in [0.717, 1.165) is 32.9 Å². The van der Waals surface area contributed by atoms with Crippen LogP contribution in [0.1, 0.15) is 23.8 Å². The minimum absolute atomic E-state index is 0.00816. The SMILES string of the molecule is CCc1cc2c(N3CCN(C(=O)Cc4ccccc4)CC3)nc(NC(=O)NCCC(=O)O)nc2s1. The molecule has 0 bridgehead atoms.